The molecular formula is C14H26N2O3. The molecule has 1 amide bonds. The fourth-order valence-corrected chi connectivity index (χ4v) is 2.63. The molecule has 0 radical (unpaired) electrons. The predicted octanol–water partition coefficient (Wildman–Crippen LogP) is 1.49. The van der Waals surface area contributed by atoms with E-state index in [2.05, 4.69) is 0 Å². The molecule has 1 heterocycles. The van der Waals surface area contributed by atoms with E-state index in [-0.39, 0.29) is 12.1 Å². The summed E-state index contributed by atoms with van der Waals surface area (Å²) in [6.45, 7) is 6.61. The van der Waals surface area contributed by atoms with Crippen molar-refractivity contribution < 1.29 is 14.6 Å². The number of hydrogen-bond donors (Lipinski definition) is 2. The van der Waals surface area contributed by atoms with Crippen LogP contribution in [0, 0.1) is 5.92 Å². The number of rotatable bonds is 2. The molecule has 1 aliphatic carbocycles. The topological polar surface area (TPSA) is 75.8 Å². The van der Waals surface area contributed by atoms with Gasteiger partial charge in [0.05, 0.1) is 5.60 Å². The highest BCUT2D eigenvalue weighted by Crippen LogP contribution is 2.39. The Bertz CT molecular complexity index is 339. The normalized spacial score (nSPS) is 25.0. The Kier molecular flexibility index (Phi) is 3.80. The van der Waals surface area contributed by atoms with Gasteiger partial charge in [0.15, 0.2) is 0 Å². The third-order valence-electron chi connectivity index (χ3n) is 4.03. The number of hydrogen-bond acceptors (Lipinski definition) is 4. The Morgan fingerprint density at radius 1 is 1.37 bits per heavy atom. The fourth-order valence-electron chi connectivity index (χ4n) is 2.63. The molecule has 2 rings (SSSR count). The van der Waals surface area contributed by atoms with Gasteiger partial charge in [-0.15, -0.1) is 0 Å². The van der Waals surface area contributed by atoms with Crippen LogP contribution in [0.4, 0.5) is 4.79 Å². The van der Waals surface area contributed by atoms with Gasteiger partial charge in [0.1, 0.15) is 5.60 Å². The maximum absolute atomic E-state index is 11.9. The van der Waals surface area contributed by atoms with Crippen molar-refractivity contribution in [2.24, 2.45) is 11.7 Å². The monoisotopic (exact) mass is 270 g/mol. The second kappa shape index (κ2) is 4.94. The van der Waals surface area contributed by atoms with Crippen LogP contribution in [0.3, 0.4) is 0 Å². The summed E-state index contributed by atoms with van der Waals surface area (Å²) in [5.74, 6) is 0.470. The van der Waals surface area contributed by atoms with E-state index in [1.807, 2.05) is 20.8 Å². The molecule has 110 valence electrons. The van der Waals surface area contributed by atoms with Crippen LogP contribution >= 0.6 is 0 Å². The number of carbonyl (C=O) groups is 1. The number of nitrogens with zero attached hydrogens (tertiary/aromatic N) is 1. The van der Waals surface area contributed by atoms with Crippen LogP contribution in [0.1, 0.15) is 46.5 Å². The van der Waals surface area contributed by atoms with Crippen LogP contribution in [0.5, 0.6) is 0 Å². The lowest BCUT2D eigenvalue weighted by Gasteiger charge is -2.41. The molecule has 1 atom stereocenters. The third-order valence-corrected chi connectivity index (χ3v) is 4.03. The Hall–Kier alpha value is -0.810. The zero-order valence-corrected chi connectivity index (χ0v) is 12.2. The molecule has 2 fully saturated rings. The van der Waals surface area contributed by atoms with E-state index < -0.39 is 11.2 Å². The first kappa shape index (κ1) is 14.6. The molecule has 1 saturated carbocycles. The van der Waals surface area contributed by atoms with Crippen molar-refractivity contribution in [1.82, 2.24) is 4.90 Å². The molecule has 0 aromatic heterocycles. The molecule has 19 heavy (non-hydrogen) atoms. The second-order valence-corrected chi connectivity index (χ2v) is 6.93. The predicted molar refractivity (Wildman–Crippen MR) is 72.7 cm³/mol. The van der Waals surface area contributed by atoms with Crippen LogP contribution in [-0.2, 0) is 4.74 Å². The smallest absolute Gasteiger partial charge is 0.410 e. The van der Waals surface area contributed by atoms with E-state index in [9.17, 15) is 9.90 Å². The number of aliphatic hydroxyl groups is 1. The first-order valence-electron chi connectivity index (χ1n) is 7.17. The van der Waals surface area contributed by atoms with E-state index in [4.69, 9.17) is 10.5 Å². The van der Waals surface area contributed by atoms with Gasteiger partial charge < -0.3 is 20.5 Å². The largest absolute Gasteiger partial charge is 0.444 e. The first-order chi connectivity index (χ1) is 8.71. The minimum absolute atomic E-state index is 0.145. The third kappa shape index (κ3) is 3.60. The van der Waals surface area contributed by atoms with Gasteiger partial charge in [0.2, 0.25) is 0 Å². The fraction of sp³-hybridized carbons (Fsp3) is 0.929. The van der Waals surface area contributed by atoms with Crippen LogP contribution in [0.15, 0.2) is 0 Å². The maximum atomic E-state index is 11.9. The molecule has 1 saturated heterocycles. The summed E-state index contributed by atoms with van der Waals surface area (Å²) in [5.41, 5.74) is 4.84. The first-order valence-corrected chi connectivity index (χ1v) is 7.17. The second-order valence-electron chi connectivity index (χ2n) is 6.93. The van der Waals surface area contributed by atoms with Crippen LogP contribution < -0.4 is 5.73 Å². The standard InChI is InChI=1S/C14H26N2O3/c1-13(2,3)19-12(17)16-8-6-14(18,7-9-16)11(15)10-4-5-10/h10-11,18H,4-9,15H2,1-3H3. The quantitative estimate of drug-likeness (QED) is 0.797. The molecule has 0 aromatic carbocycles. The van der Waals surface area contributed by atoms with Crippen molar-refractivity contribution in [3.05, 3.63) is 0 Å². The molecule has 5 nitrogen and oxygen atoms in total. The van der Waals surface area contributed by atoms with E-state index in [0.717, 1.165) is 12.8 Å². The van der Waals surface area contributed by atoms with E-state index >= 15 is 0 Å². The van der Waals surface area contributed by atoms with E-state index in [1.165, 1.54) is 0 Å². The lowest BCUT2D eigenvalue weighted by atomic mass is 9.82. The Morgan fingerprint density at radius 2 is 1.89 bits per heavy atom. The molecule has 2 aliphatic rings. The van der Waals surface area contributed by atoms with Gasteiger partial charge in [-0.3, -0.25) is 0 Å². The van der Waals surface area contributed by atoms with Crippen molar-refractivity contribution in [1.29, 1.82) is 0 Å². The Labute approximate surface area is 115 Å². The lowest BCUT2D eigenvalue weighted by Crippen LogP contribution is -2.57. The average molecular weight is 270 g/mol. The van der Waals surface area contributed by atoms with Crippen molar-refractivity contribution in [2.75, 3.05) is 13.1 Å². The summed E-state index contributed by atoms with van der Waals surface area (Å²) in [5, 5.41) is 10.6. The number of ether oxygens (including phenoxy) is 1. The summed E-state index contributed by atoms with van der Waals surface area (Å²) < 4.78 is 5.34. The maximum Gasteiger partial charge on any atom is 0.410 e. The van der Waals surface area contributed by atoms with Gasteiger partial charge >= 0.3 is 6.09 Å². The number of amides is 1. The summed E-state index contributed by atoms with van der Waals surface area (Å²) in [6, 6.07) is -0.145. The lowest BCUT2D eigenvalue weighted by molar-refractivity contribution is -0.0508. The minimum Gasteiger partial charge on any atom is -0.444 e. The van der Waals surface area contributed by atoms with Gasteiger partial charge in [-0.25, -0.2) is 4.79 Å². The molecule has 1 aliphatic heterocycles. The molecule has 3 N–H and O–H groups in total. The summed E-state index contributed by atoms with van der Waals surface area (Å²) in [4.78, 5) is 13.6. The van der Waals surface area contributed by atoms with Crippen molar-refractivity contribution >= 4 is 6.09 Å². The van der Waals surface area contributed by atoms with Crippen LogP contribution in [0.2, 0.25) is 0 Å². The zero-order chi connectivity index (χ0) is 14.3. The highest BCUT2D eigenvalue weighted by molar-refractivity contribution is 5.68. The van der Waals surface area contributed by atoms with Crippen LogP contribution in [-0.4, -0.2) is 46.4 Å². The Morgan fingerprint density at radius 3 is 2.32 bits per heavy atom. The number of likely N-dealkylation sites (tertiary alicyclic amines) is 1. The van der Waals surface area contributed by atoms with E-state index in [1.54, 1.807) is 4.90 Å². The van der Waals surface area contributed by atoms with Gasteiger partial charge in [0.25, 0.3) is 0 Å². The number of piperidine rings is 1. The SMILES string of the molecule is CC(C)(C)OC(=O)N1CCC(O)(C(N)C2CC2)CC1. The van der Waals surface area contributed by atoms with E-state index in [0.29, 0.717) is 31.8 Å². The number of nitrogens with two attached hydrogens (primary N) is 1. The summed E-state index contributed by atoms with van der Waals surface area (Å²) in [6.07, 6.45) is 3.04. The number of carbonyl (C=O) groups excluding carboxylic acids is 1. The highest BCUT2D eigenvalue weighted by Gasteiger charge is 2.45. The van der Waals surface area contributed by atoms with Crippen molar-refractivity contribution in [3.8, 4) is 0 Å². The summed E-state index contributed by atoms with van der Waals surface area (Å²) >= 11 is 0. The average Bonchev–Trinajstić information content (AvgIpc) is 3.10. The van der Waals surface area contributed by atoms with Gasteiger partial charge in [-0.1, -0.05) is 0 Å². The highest BCUT2D eigenvalue weighted by atomic mass is 16.6. The van der Waals surface area contributed by atoms with Gasteiger partial charge in [-0.2, -0.15) is 0 Å². The molecular weight excluding hydrogens is 244 g/mol. The van der Waals surface area contributed by atoms with Gasteiger partial charge in [-0.05, 0) is 52.4 Å². The molecule has 0 aromatic rings. The molecule has 0 bridgehead atoms. The molecule has 1 unspecified atom stereocenters. The van der Waals surface area contributed by atoms with Crippen LogP contribution in [0.25, 0.3) is 0 Å². The molecule has 5 heteroatoms. The van der Waals surface area contributed by atoms with Crippen molar-refractivity contribution in [2.45, 2.75) is 63.7 Å². The Balaban J connectivity index is 1.86. The van der Waals surface area contributed by atoms with Gasteiger partial charge in [0, 0.05) is 19.1 Å². The summed E-state index contributed by atoms with van der Waals surface area (Å²) in [7, 11) is 0. The minimum atomic E-state index is -0.806. The van der Waals surface area contributed by atoms with Crippen molar-refractivity contribution in [3.63, 3.8) is 0 Å². The zero-order valence-electron chi connectivity index (χ0n) is 12.2. The molecule has 0 spiro atoms.